The summed E-state index contributed by atoms with van der Waals surface area (Å²) in [5, 5.41) is 0. The first-order valence-corrected chi connectivity index (χ1v) is 4.71. The molecule has 0 aromatic rings. The number of halogens is 1. The van der Waals surface area contributed by atoms with Gasteiger partial charge >= 0.3 is 5.97 Å². The number of carbonyl (C=O) groups excluding carboxylic acids is 1. The number of rotatable bonds is 4. The van der Waals surface area contributed by atoms with Crippen molar-refractivity contribution in [3.8, 4) is 12.3 Å². The summed E-state index contributed by atoms with van der Waals surface area (Å²) in [4.78, 5) is 11.2. The van der Waals surface area contributed by atoms with Gasteiger partial charge in [-0.1, -0.05) is 12.8 Å². The van der Waals surface area contributed by atoms with Crippen molar-refractivity contribution in [3.05, 3.63) is 11.9 Å². The quantitative estimate of drug-likeness (QED) is 0.509. The number of hydrogen-bond acceptors (Lipinski definition) is 2. The molecule has 0 aliphatic heterocycles. The summed E-state index contributed by atoms with van der Waals surface area (Å²) in [6, 6.07) is 0. The van der Waals surface area contributed by atoms with E-state index in [0.29, 0.717) is 6.42 Å². The van der Waals surface area contributed by atoms with Crippen molar-refractivity contribution in [2.24, 2.45) is 5.92 Å². The second kappa shape index (κ2) is 4.80. The summed E-state index contributed by atoms with van der Waals surface area (Å²) >= 11 is 0. The fraction of sp³-hybridized carbons (Fsp3) is 0.545. The normalized spacial score (nSPS) is 18.5. The Morgan fingerprint density at radius 3 is 2.86 bits per heavy atom. The zero-order valence-electron chi connectivity index (χ0n) is 8.13. The molecule has 1 unspecified atom stereocenters. The van der Waals surface area contributed by atoms with Gasteiger partial charge in [0.2, 0.25) is 6.10 Å². The maximum absolute atomic E-state index is 13.2. The van der Waals surface area contributed by atoms with E-state index in [1.807, 2.05) is 0 Å². The Bertz CT molecular complexity index is 284. The topological polar surface area (TPSA) is 26.3 Å². The number of hydrogen-bond donors (Lipinski definition) is 0. The van der Waals surface area contributed by atoms with E-state index in [1.54, 1.807) is 6.92 Å². The number of terminal acetylenes is 1. The lowest BCUT2D eigenvalue weighted by atomic mass is 10.2. The Morgan fingerprint density at radius 1 is 1.79 bits per heavy atom. The molecule has 0 aromatic heterocycles. The molecule has 0 bridgehead atoms. The van der Waals surface area contributed by atoms with Gasteiger partial charge in [-0.15, -0.1) is 6.42 Å². The van der Waals surface area contributed by atoms with E-state index in [1.165, 1.54) is 6.08 Å². The van der Waals surface area contributed by atoms with E-state index < -0.39 is 11.9 Å². The molecule has 1 aliphatic rings. The number of esters is 1. The Labute approximate surface area is 83.1 Å². The van der Waals surface area contributed by atoms with Crippen LogP contribution in [0.25, 0.3) is 0 Å². The molecular weight excluding hydrogens is 183 g/mol. The van der Waals surface area contributed by atoms with Crippen LogP contribution in [-0.2, 0) is 9.53 Å². The molecule has 1 aliphatic carbocycles. The van der Waals surface area contributed by atoms with Crippen LogP contribution in [-0.4, -0.2) is 12.1 Å². The Morgan fingerprint density at radius 2 is 2.43 bits per heavy atom. The molecule has 76 valence electrons. The third-order valence-electron chi connectivity index (χ3n) is 1.95. The Kier molecular flexibility index (Phi) is 3.70. The maximum Gasteiger partial charge on any atom is 0.310 e. The second-order valence-corrected chi connectivity index (χ2v) is 3.26. The molecule has 0 spiro atoms. The van der Waals surface area contributed by atoms with E-state index in [2.05, 4.69) is 5.92 Å². The number of carbonyl (C=O) groups is 1. The lowest BCUT2D eigenvalue weighted by molar-refractivity contribution is -0.147. The molecule has 0 heterocycles. The molecule has 1 saturated carbocycles. The number of ether oxygens (including phenoxy) is 1. The van der Waals surface area contributed by atoms with E-state index in [-0.39, 0.29) is 11.9 Å². The van der Waals surface area contributed by atoms with Gasteiger partial charge in [0.15, 0.2) is 0 Å². The molecule has 1 fully saturated rings. The monoisotopic (exact) mass is 196 g/mol. The molecule has 2 nitrogen and oxygen atoms in total. The standard InChI is InChI=1S/C11H13FO2/c1-3-5-9(12)10(4-2)14-11(13)8-6-7-8/h2,5,8,10H,3,6-7H2,1H3. The molecule has 1 rings (SSSR count). The van der Waals surface area contributed by atoms with Crippen LogP contribution in [0.1, 0.15) is 26.2 Å². The van der Waals surface area contributed by atoms with Crippen molar-refractivity contribution in [2.45, 2.75) is 32.3 Å². The van der Waals surface area contributed by atoms with Crippen LogP contribution in [0.4, 0.5) is 4.39 Å². The summed E-state index contributed by atoms with van der Waals surface area (Å²) < 4.78 is 18.0. The van der Waals surface area contributed by atoms with Gasteiger partial charge in [-0.25, -0.2) is 4.39 Å². The van der Waals surface area contributed by atoms with Gasteiger partial charge in [-0.05, 0) is 25.3 Å². The van der Waals surface area contributed by atoms with Crippen LogP contribution >= 0.6 is 0 Å². The molecule has 0 N–H and O–H groups in total. The molecule has 3 heteroatoms. The number of allylic oxidation sites excluding steroid dienone is 1. The molecule has 0 aromatic carbocycles. The van der Waals surface area contributed by atoms with Gasteiger partial charge < -0.3 is 4.74 Å². The zero-order valence-corrected chi connectivity index (χ0v) is 8.13. The molecular formula is C11H13FO2. The highest BCUT2D eigenvalue weighted by Crippen LogP contribution is 2.31. The van der Waals surface area contributed by atoms with Crippen LogP contribution in [0.3, 0.4) is 0 Å². The average molecular weight is 196 g/mol. The van der Waals surface area contributed by atoms with Crippen LogP contribution in [0, 0.1) is 18.3 Å². The van der Waals surface area contributed by atoms with Gasteiger partial charge in [-0.3, -0.25) is 4.79 Å². The molecule has 0 amide bonds. The third kappa shape index (κ3) is 2.88. The summed E-state index contributed by atoms with van der Waals surface area (Å²) in [6.07, 6.45) is 7.44. The first-order chi connectivity index (χ1) is 6.69. The Hall–Kier alpha value is -1.30. The smallest absolute Gasteiger partial charge is 0.310 e. The van der Waals surface area contributed by atoms with E-state index >= 15 is 0 Å². The van der Waals surface area contributed by atoms with E-state index in [0.717, 1.165) is 12.8 Å². The van der Waals surface area contributed by atoms with Gasteiger partial charge in [0.25, 0.3) is 0 Å². The van der Waals surface area contributed by atoms with Gasteiger partial charge in [0.05, 0.1) is 5.92 Å². The maximum atomic E-state index is 13.2. The summed E-state index contributed by atoms with van der Waals surface area (Å²) in [7, 11) is 0. The SMILES string of the molecule is C#CC(OC(=O)C1CC1)C(F)=CCC. The fourth-order valence-electron chi connectivity index (χ4n) is 1.00. The highest BCUT2D eigenvalue weighted by atomic mass is 19.1. The highest BCUT2D eigenvalue weighted by Gasteiger charge is 2.33. The molecule has 0 saturated heterocycles. The van der Waals surface area contributed by atoms with Gasteiger partial charge in [0, 0.05) is 0 Å². The van der Waals surface area contributed by atoms with Crippen molar-refractivity contribution in [2.75, 3.05) is 0 Å². The predicted molar refractivity (Wildman–Crippen MR) is 50.9 cm³/mol. The summed E-state index contributed by atoms with van der Waals surface area (Å²) in [5.74, 6) is 1.12. The third-order valence-corrected chi connectivity index (χ3v) is 1.95. The van der Waals surface area contributed by atoms with Gasteiger partial charge in [0.1, 0.15) is 5.83 Å². The first-order valence-electron chi connectivity index (χ1n) is 4.71. The van der Waals surface area contributed by atoms with E-state index in [4.69, 9.17) is 11.2 Å². The average Bonchev–Trinajstić information content (AvgIpc) is 2.97. The molecule has 14 heavy (non-hydrogen) atoms. The van der Waals surface area contributed by atoms with Crippen LogP contribution in [0.15, 0.2) is 11.9 Å². The van der Waals surface area contributed by atoms with Crippen molar-refractivity contribution >= 4 is 5.97 Å². The van der Waals surface area contributed by atoms with E-state index in [9.17, 15) is 9.18 Å². The van der Waals surface area contributed by atoms with Crippen LogP contribution in [0.2, 0.25) is 0 Å². The van der Waals surface area contributed by atoms with Crippen LogP contribution in [0.5, 0.6) is 0 Å². The summed E-state index contributed by atoms with van der Waals surface area (Å²) in [6.45, 7) is 1.79. The minimum Gasteiger partial charge on any atom is -0.441 e. The fourth-order valence-corrected chi connectivity index (χ4v) is 1.00. The van der Waals surface area contributed by atoms with Crippen LogP contribution < -0.4 is 0 Å². The lowest BCUT2D eigenvalue weighted by Crippen LogP contribution is -2.18. The second-order valence-electron chi connectivity index (χ2n) is 3.26. The van der Waals surface area contributed by atoms with Crippen molar-refractivity contribution < 1.29 is 13.9 Å². The highest BCUT2D eigenvalue weighted by molar-refractivity contribution is 5.75. The molecule has 0 radical (unpaired) electrons. The minimum atomic E-state index is -1.14. The predicted octanol–water partition coefficient (Wildman–Crippen LogP) is 2.20. The Balaban J connectivity index is 2.50. The first kappa shape index (κ1) is 10.8. The zero-order chi connectivity index (χ0) is 10.6. The van der Waals surface area contributed by atoms with Gasteiger partial charge in [-0.2, -0.15) is 0 Å². The van der Waals surface area contributed by atoms with Crippen molar-refractivity contribution in [3.63, 3.8) is 0 Å². The molecule has 1 atom stereocenters. The van der Waals surface area contributed by atoms with Crippen molar-refractivity contribution in [1.82, 2.24) is 0 Å². The summed E-state index contributed by atoms with van der Waals surface area (Å²) in [5.41, 5.74) is 0. The lowest BCUT2D eigenvalue weighted by Gasteiger charge is -2.09. The van der Waals surface area contributed by atoms with Crippen molar-refractivity contribution in [1.29, 1.82) is 0 Å². The minimum absolute atomic E-state index is 0.0553. The largest absolute Gasteiger partial charge is 0.441 e.